The van der Waals surface area contributed by atoms with Crippen molar-refractivity contribution in [3.8, 4) is 0 Å². The maximum absolute atomic E-state index is 12.4. The molecular formula is C11H13ClN2O3S2. The number of thiocarbonyl (C=S) groups is 1. The van der Waals surface area contributed by atoms with Gasteiger partial charge in [0.1, 0.15) is 11.1 Å². The van der Waals surface area contributed by atoms with Gasteiger partial charge in [-0.1, -0.05) is 23.8 Å². The SMILES string of the molecule is NC(=S)C1CN(S(=O)(=O)c2ccc(Cl)cc2)CCO1. The number of hydrogen-bond donors (Lipinski definition) is 1. The highest BCUT2D eigenvalue weighted by molar-refractivity contribution is 7.89. The van der Waals surface area contributed by atoms with Crippen molar-refractivity contribution in [3.63, 3.8) is 0 Å². The fourth-order valence-corrected chi connectivity index (χ4v) is 3.47. The number of hydrogen-bond acceptors (Lipinski definition) is 4. The van der Waals surface area contributed by atoms with E-state index < -0.39 is 16.1 Å². The minimum Gasteiger partial charge on any atom is -0.391 e. The highest BCUT2D eigenvalue weighted by atomic mass is 35.5. The van der Waals surface area contributed by atoms with Gasteiger partial charge in [0.2, 0.25) is 10.0 Å². The smallest absolute Gasteiger partial charge is 0.243 e. The van der Waals surface area contributed by atoms with Gasteiger partial charge in [0.05, 0.1) is 11.5 Å². The standard InChI is InChI=1S/C11H13ClN2O3S2/c12-8-1-3-9(4-2-8)19(15,16)14-5-6-17-10(7-14)11(13)18/h1-4,10H,5-7H2,(H2,13,18). The van der Waals surface area contributed by atoms with E-state index in [4.69, 9.17) is 34.3 Å². The molecule has 8 heteroatoms. The quantitative estimate of drug-likeness (QED) is 0.842. The van der Waals surface area contributed by atoms with E-state index in [2.05, 4.69) is 0 Å². The zero-order valence-electron chi connectivity index (χ0n) is 9.95. The average Bonchev–Trinajstić information content (AvgIpc) is 2.39. The van der Waals surface area contributed by atoms with Gasteiger partial charge in [-0.05, 0) is 24.3 Å². The summed E-state index contributed by atoms with van der Waals surface area (Å²) in [4.78, 5) is 0.358. The van der Waals surface area contributed by atoms with Crippen molar-refractivity contribution in [2.45, 2.75) is 11.0 Å². The van der Waals surface area contributed by atoms with Crippen LogP contribution in [0.3, 0.4) is 0 Å². The van der Waals surface area contributed by atoms with E-state index >= 15 is 0 Å². The van der Waals surface area contributed by atoms with Crippen LogP contribution in [-0.2, 0) is 14.8 Å². The van der Waals surface area contributed by atoms with Crippen LogP contribution in [0.2, 0.25) is 5.02 Å². The first-order valence-corrected chi connectivity index (χ1v) is 7.80. The Morgan fingerprint density at radius 3 is 2.63 bits per heavy atom. The molecule has 0 aromatic heterocycles. The minimum atomic E-state index is -3.57. The molecule has 104 valence electrons. The monoisotopic (exact) mass is 320 g/mol. The maximum Gasteiger partial charge on any atom is 0.243 e. The molecule has 0 radical (unpaired) electrons. The Morgan fingerprint density at radius 2 is 2.05 bits per heavy atom. The molecule has 1 aromatic carbocycles. The molecular weight excluding hydrogens is 308 g/mol. The van der Waals surface area contributed by atoms with E-state index in [0.29, 0.717) is 5.02 Å². The van der Waals surface area contributed by atoms with Gasteiger partial charge < -0.3 is 10.5 Å². The summed E-state index contributed by atoms with van der Waals surface area (Å²) in [6, 6.07) is 6.03. The Morgan fingerprint density at radius 1 is 1.42 bits per heavy atom. The van der Waals surface area contributed by atoms with Crippen LogP contribution in [-0.4, -0.2) is 43.5 Å². The van der Waals surface area contributed by atoms with Gasteiger partial charge in [-0.25, -0.2) is 8.42 Å². The van der Waals surface area contributed by atoms with Crippen molar-refractivity contribution in [2.24, 2.45) is 5.73 Å². The number of nitrogens with two attached hydrogens (primary N) is 1. The molecule has 19 heavy (non-hydrogen) atoms. The highest BCUT2D eigenvalue weighted by Gasteiger charge is 2.31. The number of morpholine rings is 1. The highest BCUT2D eigenvalue weighted by Crippen LogP contribution is 2.20. The number of nitrogens with zero attached hydrogens (tertiary/aromatic N) is 1. The predicted octanol–water partition coefficient (Wildman–Crippen LogP) is 1.02. The van der Waals surface area contributed by atoms with Crippen LogP contribution < -0.4 is 5.73 Å². The first kappa shape index (κ1) is 14.7. The fourth-order valence-electron chi connectivity index (χ4n) is 1.77. The zero-order chi connectivity index (χ0) is 14.0. The van der Waals surface area contributed by atoms with Crippen LogP contribution in [0.15, 0.2) is 29.2 Å². The van der Waals surface area contributed by atoms with E-state index in [9.17, 15) is 8.42 Å². The first-order valence-electron chi connectivity index (χ1n) is 5.58. The number of benzene rings is 1. The minimum absolute atomic E-state index is 0.139. The second kappa shape index (κ2) is 5.72. The van der Waals surface area contributed by atoms with Crippen LogP contribution in [0.4, 0.5) is 0 Å². The van der Waals surface area contributed by atoms with Gasteiger partial charge in [-0.15, -0.1) is 0 Å². The molecule has 5 nitrogen and oxygen atoms in total. The Labute approximate surface area is 122 Å². The number of ether oxygens (including phenoxy) is 1. The fraction of sp³-hybridized carbons (Fsp3) is 0.364. The van der Waals surface area contributed by atoms with Crippen LogP contribution in [0.1, 0.15) is 0 Å². The van der Waals surface area contributed by atoms with Crippen molar-refractivity contribution >= 4 is 38.8 Å². The molecule has 2 N–H and O–H groups in total. The number of halogens is 1. The number of sulfonamides is 1. The van der Waals surface area contributed by atoms with Crippen molar-refractivity contribution in [3.05, 3.63) is 29.3 Å². The second-order valence-corrected chi connectivity index (χ2v) is 6.92. The molecule has 2 rings (SSSR count). The second-order valence-electron chi connectivity index (χ2n) is 4.08. The summed E-state index contributed by atoms with van der Waals surface area (Å²) in [5, 5.41) is 0.488. The summed E-state index contributed by atoms with van der Waals surface area (Å²) < 4.78 is 31.5. The third kappa shape index (κ3) is 3.24. The summed E-state index contributed by atoms with van der Waals surface area (Å²) in [5.41, 5.74) is 5.50. The van der Waals surface area contributed by atoms with Gasteiger partial charge in [-0.3, -0.25) is 0 Å². The van der Waals surface area contributed by atoms with Crippen molar-refractivity contribution < 1.29 is 13.2 Å². The molecule has 1 aliphatic heterocycles. The van der Waals surface area contributed by atoms with Crippen LogP contribution in [0.5, 0.6) is 0 Å². The Hall–Kier alpha value is -0.730. The van der Waals surface area contributed by atoms with Crippen LogP contribution >= 0.6 is 23.8 Å². The normalized spacial score (nSPS) is 21.2. The third-order valence-electron chi connectivity index (χ3n) is 2.80. The van der Waals surface area contributed by atoms with Gasteiger partial charge in [0, 0.05) is 18.1 Å². The summed E-state index contributed by atoms with van der Waals surface area (Å²) in [6.45, 7) is 0.694. The molecule has 0 aliphatic carbocycles. The van der Waals surface area contributed by atoms with E-state index in [-0.39, 0.29) is 29.6 Å². The van der Waals surface area contributed by atoms with Crippen molar-refractivity contribution in [1.29, 1.82) is 0 Å². The summed E-state index contributed by atoms with van der Waals surface area (Å²) in [7, 11) is -3.57. The van der Waals surface area contributed by atoms with E-state index in [0.717, 1.165) is 0 Å². The topological polar surface area (TPSA) is 72.6 Å². The first-order chi connectivity index (χ1) is 8.91. The molecule has 1 aliphatic rings. The molecule has 1 saturated heterocycles. The average molecular weight is 321 g/mol. The molecule has 0 spiro atoms. The maximum atomic E-state index is 12.4. The third-order valence-corrected chi connectivity index (χ3v) is 5.19. The molecule has 0 saturated carbocycles. The Kier molecular flexibility index (Phi) is 4.42. The van der Waals surface area contributed by atoms with Crippen molar-refractivity contribution in [2.75, 3.05) is 19.7 Å². The molecule has 1 fully saturated rings. The predicted molar refractivity (Wildman–Crippen MR) is 76.7 cm³/mol. The van der Waals surface area contributed by atoms with E-state index in [1.54, 1.807) is 12.1 Å². The van der Waals surface area contributed by atoms with Gasteiger partial charge in [0.15, 0.2) is 0 Å². The molecule has 0 amide bonds. The lowest BCUT2D eigenvalue weighted by Crippen LogP contribution is -2.49. The van der Waals surface area contributed by atoms with Crippen molar-refractivity contribution in [1.82, 2.24) is 4.31 Å². The number of rotatable bonds is 3. The summed E-state index contributed by atoms with van der Waals surface area (Å²) >= 11 is 10.6. The lowest BCUT2D eigenvalue weighted by molar-refractivity contribution is 0.0386. The van der Waals surface area contributed by atoms with E-state index in [1.165, 1.54) is 16.4 Å². The lowest BCUT2D eigenvalue weighted by Gasteiger charge is -2.31. The van der Waals surface area contributed by atoms with Gasteiger partial charge in [0.25, 0.3) is 0 Å². The zero-order valence-corrected chi connectivity index (χ0v) is 12.3. The molecule has 1 atom stereocenters. The van der Waals surface area contributed by atoms with Gasteiger partial charge >= 0.3 is 0 Å². The van der Waals surface area contributed by atoms with E-state index in [1.807, 2.05) is 0 Å². The molecule has 1 aromatic rings. The van der Waals surface area contributed by atoms with Crippen LogP contribution in [0, 0.1) is 0 Å². The summed E-state index contributed by atoms with van der Waals surface area (Å²) in [5.74, 6) is 0. The lowest BCUT2D eigenvalue weighted by atomic mass is 10.3. The Balaban J connectivity index is 2.24. The summed E-state index contributed by atoms with van der Waals surface area (Å²) in [6.07, 6.45) is -0.536. The van der Waals surface area contributed by atoms with Crippen LogP contribution in [0.25, 0.3) is 0 Å². The Bertz CT molecular complexity index is 574. The molecule has 1 unspecified atom stereocenters. The largest absolute Gasteiger partial charge is 0.391 e. The van der Waals surface area contributed by atoms with Gasteiger partial charge in [-0.2, -0.15) is 4.31 Å². The molecule has 1 heterocycles. The molecule has 0 bridgehead atoms.